The Balaban J connectivity index is 1.65. The summed E-state index contributed by atoms with van der Waals surface area (Å²) in [5.41, 5.74) is 2.82. The number of anilines is 2. The van der Waals surface area contributed by atoms with Crippen molar-refractivity contribution in [2.75, 3.05) is 29.9 Å². The van der Waals surface area contributed by atoms with Crippen LogP contribution in [0.5, 0.6) is 5.75 Å². The number of ether oxygens (including phenoxy) is 1. The number of nitrogens with zero attached hydrogens (tertiary/aromatic N) is 2. The summed E-state index contributed by atoms with van der Waals surface area (Å²) in [6.45, 7) is 4.29. The molecule has 1 unspecified atom stereocenters. The zero-order chi connectivity index (χ0) is 21.4. The highest BCUT2D eigenvalue weighted by atomic mass is 16.5. The number of aromatic nitrogens is 2. The van der Waals surface area contributed by atoms with E-state index in [4.69, 9.17) is 9.72 Å². The van der Waals surface area contributed by atoms with Gasteiger partial charge in [0.1, 0.15) is 11.6 Å². The van der Waals surface area contributed by atoms with Crippen LogP contribution in [0.4, 0.5) is 11.8 Å². The van der Waals surface area contributed by atoms with Crippen molar-refractivity contribution in [1.29, 1.82) is 0 Å². The Bertz CT molecular complexity index is 1100. The zero-order valence-electron chi connectivity index (χ0n) is 17.9. The summed E-state index contributed by atoms with van der Waals surface area (Å²) in [5, 5.41) is 3.36. The molecule has 31 heavy (non-hydrogen) atoms. The van der Waals surface area contributed by atoms with Crippen molar-refractivity contribution >= 4 is 17.5 Å². The maximum atomic E-state index is 13.4. The molecule has 1 atom stereocenters. The van der Waals surface area contributed by atoms with Gasteiger partial charge in [0.2, 0.25) is 5.95 Å². The van der Waals surface area contributed by atoms with Crippen LogP contribution in [-0.2, 0) is 4.79 Å². The van der Waals surface area contributed by atoms with Gasteiger partial charge in [0.05, 0.1) is 12.2 Å². The lowest BCUT2D eigenvalue weighted by atomic mass is 9.76. The Morgan fingerprint density at radius 1 is 1.13 bits per heavy atom. The van der Waals surface area contributed by atoms with Gasteiger partial charge in [-0.3, -0.25) is 14.6 Å². The highest BCUT2D eigenvalue weighted by molar-refractivity contribution is 6.00. The summed E-state index contributed by atoms with van der Waals surface area (Å²) in [7, 11) is 0. The molecule has 3 aliphatic rings. The minimum absolute atomic E-state index is 0.103. The van der Waals surface area contributed by atoms with Gasteiger partial charge in [-0.15, -0.1) is 0 Å². The second kappa shape index (κ2) is 8.21. The molecule has 0 radical (unpaired) electrons. The summed E-state index contributed by atoms with van der Waals surface area (Å²) in [4.78, 5) is 36.4. The molecule has 3 heterocycles. The maximum absolute atomic E-state index is 13.4. The van der Waals surface area contributed by atoms with Crippen LogP contribution < -0.4 is 20.5 Å². The van der Waals surface area contributed by atoms with E-state index in [-0.39, 0.29) is 11.3 Å². The predicted molar refractivity (Wildman–Crippen MR) is 120 cm³/mol. The van der Waals surface area contributed by atoms with Gasteiger partial charge in [-0.1, -0.05) is 12.1 Å². The number of carbonyl (C=O) groups excluding carboxylic acids is 1. The smallest absolute Gasteiger partial charge is 0.258 e. The monoisotopic (exact) mass is 420 g/mol. The first kappa shape index (κ1) is 19.8. The number of Topliss-reactive ketones (excluding diaryl/α,β-unsaturated/α-hetero) is 1. The van der Waals surface area contributed by atoms with Gasteiger partial charge in [-0.25, -0.2) is 0 Å². The second-order valence-electron chi connectivity index (χ2n) is 8.43. The average molecular weight is 421 g/mol. The number of carbonyl (C=O) groups is 1. The molecule has 162 valence electrons. The zero-order valence-corrected chi connectivity index (χ0v) is 17.9. The van der Waals surface area contributed by atoms with Crippen LogP contribution in [0.2, 0.25) is 0 Å². The van der Waals surface area contributed by atoms with Crippen LogP contribution in [0.3, 0.4) is 0 Å². The number of allylic oxidation sites excluding steroid dienone is 2. The molecule has 2 N–H and O–H groups in total. The first-order chi connectivity index (χ1) is 15.2. The molecule has 5 rings (SSSR count). The number of fused-ring (bicyclic) bond motifs is 1. The van der Waals surface area contributed by atoms with Crippen molar-refractivity contribution in [1.82, 2.24) is 9.97 Å². The number of aromatic amines is 1. The van der Waals surface area contributed by atoms with Crippen LogP contribution in [0.1, 0.15) is 62.5 Å². The van der Waals surface area contributed by atoms with Gasteiger partial charge < -0.3 is 15.0 Å². The number of nitrogens with one attached hydrogen (secondary N) is 2. The SMILES string of the molecule is CCOc1cccc(C2C3=C(CCCC3=O)Nc3nc(N4CCCCC4)[nH]c(=O)c32)c1. The number of rotatable bonds is 4. The number of ketones is 1. The molecule has 0 spiro atoms. The van der Waals surface area contributed by atoms with Crippen molar-refractivity contribution in [3.8, 4) is 5.75 Å². The van der Waals surface area contributed by atoms with Gasteiger partial charge in [0, 0.05) is 36.7 Å². The molecule has 1 saturated heterocycles. The van der Waals surface area contributed by atoms with Gasteiger partial charge >= 0.3 is 0 Å². The Hall–Kier alpha value is -3.09. The number of benzene rings is 1. The molecule has 1 aromatic heterocycles. The molecule has 7 nitrogen and oxygen atoms in total. The predicted octanol–water partition coefficient (Wildman–Crippen LogP) is 3.72. The van der Waals surface area contributed by atoms with E-state index >= 15 is 0 Å². The van der Waals surface area contributed by atoms with E-state index in [0.717, 1.165) is 55.8 Å². The molecule has 1 aliphatic carbocycles. The van der Waals surface area contributed by atoms with E-state index in [2.05, 4.69) is 15.2 Å². The molecule has 7 heteroatoms. The van der Waals surface area contributed by atoms with Gasteiger partial charge in [0.25, 0.3) is 5.56 Å². The molecule has 0 bridgehead atoms. The van der Waals surface area contributed by atoms with Crippen molar-refractivity contribution in [3.63, 3.8) is 0 Å². The number of H-pyrrole nitrogens is 1. The number of hydrogen-bond acceptors (Lipinski definition) is 6. The fourth-order valence-electron chi connectivity index (χ4n) is 4.99. The molecule has 0 amide bonds. The maximum Gasteiger partial charge on any atom is 0.258 e. The quantitative estimate of drug-likeness (QED) is 0.784. The van der Waals surface area contributed by atoms with E-state index in [1.54, 1.807) is 0 Å². The third-order valence-corrected chi connectivity index (χ3v) is 6.40. The molecular weight excluding hydrogens is 392 g/mol. The summed E-state index contributed by atoms with van der Waals surface area (Å²) in [6, 6.07) is 7.72. The molecule has 1 aromatic carbocycles. The third-order valence-electron chi connectivity index (χ3n) is 6.40. The first-order valence-electron chi connectivity index (χ1n) is 11.3. The highest BCUT2D eigenvalue weighted by Crippen LogP contribution is 2.44. The van der Waals surface area contributed by atoms with E-state index < -0.39 is 5.92 Å². The van der Waals surface area contributed by atoms with E-state index in [0.29, 0.717) is 35.9 Å². The normalized spacial score (nSPS) is 20.7. The second-order valence-corrected chi connectivity index (χ2v) is 8.43. The van der Waals surface area contributed by atoms with Crippen LogP contribution in [0.15, 0.2) is 40.3 Å². The fraction of sp³-hybridized carbons (Fsp3) is 0.458. The van der Waals surface area contributed by atoms with Crippen molar-refractivity contribution in [3.05, 3.63) is 57.0 Å². The molecule has 0 saturated carbocycles. The lowest BCUT2D eigenvalue weighted by Crippen LogP contribution is -2.36. The van der Waals surface area contributed by atoms with E-state index in [9.17, 15) is 9.59 Å². The molecule has 2 aromatic rings. The molecule has 1 fully saturated rings. The van der Waals surface area contributed by atoms with Crippen molar-refractivity contribution in [2.24, 2.45) is 0 Å². The van der Waals surface area contributed by atoms with Crippen LogP contribution in [-0.4, -0.2) is 35.4 Å². The van der Waals surface area contributed by atoms with Crippen LogP contribution >= 0.6 is 0 Å². The van der Waals surface area contributed by atoms with E-state index in [1.807, 2.05) is 31.2 Å². The Kier molecular flexibility index (Phi) is 5.26. The fourth-order valence-corrected chi connectivity index (χ4v) is 4.99. The Morgan fingerprint density at radius 3 is 2.77 bits per heavy atom. The van der Waals surface area contributed by atoms with Gasteiger partial charge in [-0.2, -0.15) is 4.98 Å². The topological polar surface area (TPSA) is 87.3 Å². The van der Waals surface area contributed by atoms with Crippen molar-refractivity contribution in [2.45, 2.75) is 51.4 Å². The van der Waals surface area contributed by atoms with Gasteiger partial charge in [0.15, 0.2) is 5.78 Å². The first-order valence-corrected chi connectivity index (χ1v) is 11.3. The standard InChI is InChI=1S/C24H28N4O3/c1-2-31-16-9-6-8-15(14-16)19-20-17(10-7-11-18(20)29)25-22-21(19)23(30)27-24(26-22)28-12-4-3-5-13-28/h6,8-9,14,19H,2-5,7,10-13H2,1H3,(H2,25,26,27,30). The minimum atomic E-state index is -0.439. The molecular formula is C24H28N4O3. The summed E-state index contributed by atoms with van der Waals surface area (Å²) in [5.74, 6) is 1.59. The Morgan fingerprint density at radius 2 is 1.97 bits per heavy atom. The lowest BCUT2D eigenvalue weighted by Gasteiger charge is -2.34. The van der Waals surface area contributed by atoms with E-state index in [1.165, 1.54) is 6.42 Å². The Labute approximate surface area is 181 Å². The largest absolute Gasteiger partial charge is 0.494 e. The van der Waals surface area contributed by atoms with Crippen LogP contribution in [0.25, 0.3) is 0 Å². The van der Waals surface area contributed by atoms with Gasteiger partial charge in [-0.05, 0) is 56.7 Å². The minimum Gasteiger partial charge on any atom is -0.494 e. The number of hydrogen-bond donors (Lipinski definition) is 2. The summed E-state index contributed by atoms with van der Waals surface area (Å²) in [6.07, 6.45) is 5.52. The van der Waals surface area contributed by atoms with Crippen molar-refractivity contribution < 1.29 is 9.53 Å². The average Bonchev–Trinajstić information content (AvgIpc) is 2.79. The number of piperidine rings is 1. The highest BCUT2D eigenvalue weighted by Gasteiger charge is 2.38. The third kappa shape index (κ3) is 3.62. The summed E-state index contributed by atoms with van der Waals surface area (Å²) >= 11 is 0. The van der Waals surface area contributed by atoms with Crippen LogP contribution in [0, 0.1) is 0 Å². The summed E-state index contributed by atoms with van der Waals surface area (Å²) < 4.78 is 5.69. The molecule has 2 aliphatic heterocycles. The lowest BCUT2D eigenvalue weighted by molar-refractivity contribution is -0.116.